The van der Waals surface area contributed by atoms with Crippen LogP contribution in [0.5, 0.6) is 0 Å². The summed E-state index contributed by atoms with van der Waals surface area (Å²) in [6.07, 6.45) is 1.10. The van der Waals surface area contributed by atoms with Crippen molar-refractivity contribution in [2.24, 2.45) is 0 Å². The van der Waals surface area contributed by atoms with E-state index < -0.39 is 0 Å². The minimum Gasteiger partial charge on any atom is -0.466 e. The fourth-order valence-corrected chi connectivity index (χ4v) is 2.83. The van der Waals surface area contributed by atoms with Gasteiger partial charge in [0, 0.05) is 11.1 Å². The number of nitrogens with one attached hydrogen (secondary N) is 1. The minimum atomic E-state index is 0.143. The van der Waals surface area contributed by atoms with Crippen LogP contribution in [0, 0.1) is 34.6 Å². The van der Waals surface area contributed by atoms with E-state index in [1.807, 2.05) is 27.7 Å². The molecule has 0 amide bonds. The van der Waals surface area contributed by atoms with Crippen LogP contribution < -0.4 is 5.32 Å². The Balaban J connectivity index is 2.50. The molecule has 0 aliphatic heterocycles. The third-order valence-corrected chi connectivity index (χ3v) is 3.90. The molecule has 0 aliphatic rings. The minimum absolute atomic E-state index is 0.143. The molecule has 0 radical (unpaired) electrons. The Bertz CT molecular complexity index is 592. The summed E-state index contributed by atoms with van der Waals surface area (Å²) in [6.45, 7) is 13.4. The Kier molecular flexibility index (Phi) is 4.39. The first-order valence-electron chi connectivity index (χ1n) is 7.32. The largest absolute Gasteiger partial charge is 0.466 e. The summed E-state index contributed by atoms with van der Waals surface area (Å²) in [7, 11) is 0. The predicted molar refractivity (Wildman–Crippen MR) is 81.2 cm³/mol. The maximum atomic E-state index is 5.80. The van der Waals surface area contributed by atoms with Crippen molar-refractivity contribution in [2.45, 2.75) is 54.0 Å². The van der Waals surface area contributed by atoms with Gasteiger partial charge in [-0.15, -0.1) is 0 Å². The SMILES string of the molecule is CCCNC(c1cc(C)oc1C)c1c(C)oc(C)c1C. The van der Waals surface area contributed by atoms with Gasteiger partial charge in [0.25, 0.3) is 0 Å². The standard InChI is InChI=1S/C17H25NO2/c1-7-8-18-17(15-9-10(2)19-13(15)5)16-11(3)12(4)20-14(16)6/h9,17-18H,7-8H2,1-6H3. The van der Waals surface area contributed by atoms with Gasteiger partial charge in [-0.25, -0.2) is 0 Å². The lowest BCUT2D eigenvalue weighted by Crippen LogP contribution is -2.24. The third-order valence-electron chi connectivity index (χ3n) is 3.90. The molecule has 1 atom stereocenters. The summed E-state index contributed by atoms with van der Waals surface area (Å²) in [4.78, 5) is 0. The topological polar surface area (TPSA) is 38.3 Å². The Labute approximate surface area is 121 Å². The summed E-state index contributed by atoms with van der Waals surface area (Å²) in [5, 5.41) is 3.63. The maximum absolute atomic E-state index is 5.80. The fourth-order valence-electron chi connectivity index (χ4n) is 2.83. The van der Waals surface area contributed by atoms with Gasteiger partial charge in [0.2, 0.25) is 0 Å². The monoisotopic (exact) mass is 275 g/mol. The van der Waals surface area contributed by atoms with E-state index in [0.717, 1.165) is 36.0 Å². The quantitative estimate of drug-likeness (QED) is 0.873. The van der Waals surface area contributed by atoms with Gasteiger partial charge in [-0.3, -0.25) is 0 Å². The van der Waals surface area contributed by atoms with E-state index in [1.165, 1.54) is 16.7 Å². The average Bonchev–Trinajstić information content (AvgIpc) is 2.83. The van der Waals surface area contributed by atoms with Crippen molar-refractivity contribution in [3.63, 3.8) is 0 Å². The summed E-state index contributed by atoms with van der Waals surface area (Å²) < 4.78 is 11.5. The van der Waals surface area contributed by atoms with Crippen LogP contribution in [0.2, 0.25) is 0 Å². The molecule has 1 N–H and O–H groups in total. The Morgan fingerprint density at radius 2 is 1.70 bits per heavy atom. The zero-order chi connectivity index (χ0) is 14.9. The van der Waals surface area contributed by atoms with E-state index in [2.05, 4.69) is 25.2 Å². The first-order chi connectivity index (χ1) is 9.45. The van der Waals surface area contributed by atoms with Gasteiger partial charge >= 0.3 is 0 Å². The molecular weight excluding hydrogens is 250 g/mol. The smallest absolute Gasteiger partial charge is 0.106 e. The normalized spacial score (nSPS) is 12.9. The second-order valence-electron chi connectivity index (χ2n) is 5.51. The molecule has 0 saturated heterocycles. The van der Waals surface area contributed by atoms with E-state index in [1.54, 1.807) is 0 Å². The van der Waals surface area contributed by atoms with Crippen LogP contribution in [-0.4, -0.2) is 6.54 Å². The van der Waals surface area contributed by atoms with Crippen LogP contribution in [0.4, 0.5) is 0 Å². The molecule has 2 rings (SSSR count). The average molecular weight is 275 g/mol. The molecular formula is C17H25NO2. The van der Waals surface area contributed by atoms with Crippen molar-refractivity contribution in [1.29, 1.82) is 0 Å². The van der Waals surface area contributed by atoms with E-state index in [9.17, 15) is 0 Å². The van der Waals surface area contributed by atoms with Crippen molar-refractivity contribution in [3.05, 3.63) is 45.8 Å². The van der Waals surface area contributed by atoms with Crippen LogP contribution in [0.3, 0.4) is 0 Å². The molecule has 1 unspecified atom stereocenters. The van der Waals surface area contributed by atoms with Crippen molar-refractivity contribution in [3.8, 4) is 0 Å². The van der Waals surface area contributed by atoms with Gasteiger partial charge in [0.15, 0.2) is 0 Å². The van der Waals surface area contributed by atoms with Gasteiger partial charge in [0.1, 0.15) is 23.0 Å². The second-order valence-corrected chi connectivity index (χ2v) is 5.51. The Hall–Kier alpha value is -1.48. The molecule has 0 aromatic carbocycles. The molecule has 3 heteroatoms. The molecule has 0 fully saturated rings. The zero-order valence-electron chi connectivity index (χ0n) is 13.4. The van der Waals surface area contributed by atoms with Crippen molar-refractivity contribution < 1.29 is 8.83 Å². The molecule has 20 heavy (non-hydrogen) atoms. The van der Waals surface area contributed by atoms with E-state index in [0.29, 0.717) is 0 Å². The van der Waals surface area contributed by atoms with Crippen LogP contribution in [0.1, 0.15) is 59.1 Å². The lowest BCUT2D eigenvalue weighted by molar-refractivity contribution is 0.484. The first-order valence-corrected chi connectivity index (χ1v) is 7.32. The lowest BCUT2D eigenvalue weighted by atomic mass is 9.95. The molecule has 0 aliphatic carbocycles. The van der Waals surface area contributed by atoms with E-state index in [4.69, 9.17) is 8.83 Å². The molecule has 3 nitrogen and oxygen atoms in total. The zero-order valence-corrected chi connectivity index (χ0v) is 13.4. The lowest BCUT2D eigenvalue weighted by Gasteiger charge is -2.19. The highest BCUT2D eigenvalue weighted by molar-refractivity contribution is 5.42. The van der Waals surface area contributed by atoms with Gasteiger partial charge in [-0.2, -0.15) is 0 Å². The number of aryl methyl sites for hydroxylation is 4. The molecule has 2 aromatic rings. The number of furan rings is 2. The van der Waals surface area contributed by atoms with Gasteiger partial charge < -0.3 is 14.2 Å². The predicted octanol–water partition coefficient (Wildman–Crippen LogP) is 4.50. The number of rotatable bonds is 5. The molecule has 0 bridgehead atoms. The summed E-state index contributed by atoms with van der Waals surface area (Å²) >= 11 is 0. The van der Waals surface area contributed by atoms with Crippen molar-refractivity contribution in [1.82, 2.24) is 5.32 Å². The highest BCUT2D eigenvalue weighted by Gasteiger charge is 2.25. The molecule has 0 saturated carbocycles. The highest BCUT2D eigenvalue weighted by Crippen LogP contribution is 2.34. The first kappa shape index (κ1) is 14.9. The van der Waals surface area contributed by atoms with E-state index >= 15 is 0 Å². The molecule has 2 heterocycles. The van der Waals surface area contributed by atoms with Gasteiger partial charge in [-0.05, 0) is 59.2 Å². The Morgan fingerprint density at radius 3 is 2.15 bits per heavy atom. The summed E-state index contributed by atoms with van der Waals surface area (Å²) in [5.41, 5.74) is 3.69. The van der Waals surface area contributed by atoms with Gasteiger partial charge in [-0.1, -0.05) is 6.92 Å². The van der Waals surface area contributed by atoms with Gasteiger partial charge in [0.05, 0.1) is 6.04 Å². The second kappa shape index (κ2) is 5.88. The molecule has 0 spiro atoms. The van der Waals surface area contributed by atoms with E-state index in [-0.39, 0.29) is 6.04 Å². The highest BCUT2D eigenvalue weighted by atomic mass is 16.3. The van der Waals surface area contributed by atoms with Crippen LogP contribution in [0.25, 0.3) is 0 Å². The maximum Gasteiger partial charge on any atom is 0.106 e. The summed E-state index contributed by atoms with van der Waals surface area (Å²) in [5.74, 6) is 3.93. The number of hydrogen-bond donors (Lipinski definition) is 1. The Morgan fingerprint density at radius 1 is 1.00 bits per heavy atom. The number of hydrogen-bond acceptors (Lipinski definition) is 3. The van der Waals surface area contributed by atoms with Crippen LogP contribution in [0.15, 0.2) is 14.9 Å². The van der Waals surface area contributed by atoms with Crippen molar-refractivity contribution in [2.75, 3.05) is 6.54 Å². The van der Waals surface area contributed by atoms with Crippen LogP contribution in [-0.2, 0) is 0 Å². The van der Waals surface area contributed by atoms with Crippen molar-refractivity contribution >= 4 is 0 Å². The summed E-state index contributed by atoms with van der Waals surface area (Å²) in [6, 6.07) is 2.27. The fraction of sp³-hybridized carbons (Fsp3) is 0.529. The molecule has 2 aromatic heterocycles. The van der Waals surface area contributed by atoms with Crippen LogP contribution >= 0.6 is 0 Å². The third kappa shape index (κ3) is 2.68. The molecule has 110 valence electrons.